The molecule has 1 aromatic heterocycles. The van der Waals surface area contributed by atoms with Crippen LogP contribution < -0.4 is 9.47 Å². The molecule has 2 heterocycles. The molecule has 0 spiro atoms. The van der Waals surface area contributed by atoms with Crippen LogP contribution in [0.25, 0.3) is 11.4 Å². The number of aromatic nitrogens is 3. The number of rotatable bonds is 4. The fourth-order valence-corrected chi connectivity index (χ4v) is 3.84. The molecule has 1 aliphatic rings. The molecule has 0 saturated heterocycles. The van der Waals surface area contributed by atoms with Gasteiger partial charge in [0, 0.05) is 18.4 Å². The highest BCUT2D eigenvalue weighted by Crippen LogP contribution is 2.34. The Hall–Kier alpha value is -2.47. The van der Waals surface area contributed by atoms with Crippen molar-refractivity contribution in [2.45, 2.75) is 37.1 Å². The van der Waals surface area contributed by atoms with Crippen LogP contribution in [0.1, 0.15) is 31.9 Å². The first kappa shape index (κ1) is 17.9. The average Bonchev–Trinajstić information content (AvgIpc) is 3.25. The first-order valence-corrected chi connectivity index (χ1v) is 9.92. The van der Waals surface area contributed by atoms with Crippen LogP contribution in [0.3, 0.4) is 0 Å². The molecule has 6 heteroatoms. The first-order chi connectivity index (χ1) is 12.9. The van der Waals surface area contributed by atoms with Crippen LogP contribution in [0.5, 0.6) is 11.5 Å². The molecule has 0 N–H and O–H groups in total. The maximum Gasteiger partial charge on any atom is 0.231 e. The molecule has 0 amide bonds. The van der Waals surface area contributed by atoms with Gasteiger partial charge < -0.3 is 14.0 Å². The Morgan fingerprint density at radius 1 is 1.00 bits per heavy atom. The lowest BCUT2D eigenvalue weighted by atomic mass is 9.87. The van der Waals surface area contributed by atoms with E-state index < -0.39 is 0 Å². The highest BCUT2D eigenvalue weighted by molar-refractivity contribution is 7.98. The zero-order chi connectivity index (χ0) is 19.0. The second kappa shape index (κ2) is 6.93. The zero-order valence-electron chi connectivity index (χ0n) is 16.0. The topological polar surface area (TPSA) is 49.2 Å². The monoisotopic (exact) mass is 381 g/mol. The van der Waals surface area contributed by atoms with Gasteiger partial charge in [0.05, 0.1) is 0 Å². The van der Waals surface area contributed by atoms with E-state index in [4.69, 9.17) is 9.47 Å². The molecule has 27 heavy (non-hydrogen) atoms. The molecule has 1 aliphatic heterocycles. The SMILES string of the molecule is Cn1c(SCc2ccc3c(c2)OCO3)nnc1-c1ccc(C(C)(C)C)cc1. The van der Waals surface area contributed by atoms with Crippen LogP contribution in [-0.4, -0.2) is 21.6 Å². The fourth-order valence-electron chi connectivity index (χ4n) is 2.99. The van der Waals surface area contributed by atoms with Crippen molar-refractivity contribution in [3.8, 4) is 22.9 Å². The average molecular weight is 382 g/mol. The molecular weight excluding hydrogens is 358 g/mol. The Morgan fingerprint density at radius 3 is 2.48 bits per heavy atom. The number of benzene rings is 2. The van der Waals surface area contributed by atoms with E-state index in [9.17, 15) is 0 Å². The van der Waals surface area contributed by atoms with Crippen molar-refractivity contribution < 1.29 is 9.47 Å². The van der Waals surface area contributed by atoms with Gasteiger partial charge in [0.1, 0.15) is 0 Å². The molecule has 4 rings (SSSR count). The van der Waals surface area contributed by atoms with Crippen LogP contribution >= 0.6 is 11.8 Å². The number of nitrogens with zero attached hydrogens (tertiary/aromatic N) is 3. The molecule has 0 radical (unpaired) electrons. The number of thioether (sulfide) groups is 1. The number of hydrogen-bond acceptors (Lipinski definition) is 5. The maximum absolute atomic E-state index is 5.45. The predicted octanol–water partition coefficient (Wildman–Crippen LogP) is 4.80. The summed E-state index contributed by atoms with van der Waals surface area (Å²) in [5.74, 6) is 3.30. The second-order valence-electron chi connectivity index (χ2n) is 7.67. The van der Waals surface area contributed by atoms with Gasteiger partial charge in [-0.05, 0) is 28.7 Å². The lowest BCUT2D eigenvalue weighted by molar-refractivity contribution is 0.174. The van der Waals surface area contributed by atoms with Crippen molar-refractivity contribution in [1.82, 2.24) is 14.8 Å². The molecule has 0 aliphatic carbocycles. The van der Waals surface area contributed by atoms with Gasteiger partial charge in [-0.1, -0.05) is 62.9 Å². The van der Waals surface area contributed by atoms with E-state index in [0.29, 0.717) is 6.79 Å². The lowest BCUT2D eigenvalue weighted by Gasteiger charge is -2.19. The molecule has 5 nitrogen and oxygen atoms in total. The third-order valence-corrected chi connectivity index (χ3v) is 5.74. The van der Waals surface area contributed by atoms with Gasteiger partial charge in [0.2, 0.25) is 6.79 Å². The largest absolute Gasteiger partial charge is 0.454 e. The van der Waals surface area contributed by atoms with E-state index in [1.807, 2.05) is 23.7 Å². The Labute approximate surface area is 163 Å². The first-order valence-electron chi connectivity index (χ1n) is 8.93. The zero-order valence-corrected chi connectivity index (χ0v) is 16.8. The van der Waals surface area contributed by atoms with Gasteiger partial charge in [-0.3, -0.25) is 0 Å². The van der Waals surface area contributed by atoms with Gasteiger partial charge in [-0.25, -0.2) is 0 Å². The molecule has 3 aromatic rings. The smallest absolute Gasteiger partial charge is 0.231 e. The number of ether oxygens (including phenoxy) is 2. The van der Waals surface area contributed by atoms with E-state index in [1.165, 1.54) is 11.1 Å². The summed E-state index contributed by atoms with van der Waals surface area (Å²) in [6.45, 7) is 6.95. The molecule has 0 fully saturated rings. The van der Waals surface area contributed by atoms with E-state index in [0.717, 1.165) is 33.8 Å². The minimum absolute atomic E-state index is 0.143. The molecule has 140 valence electrons. The quantitative estimate of drug-likeness (QED) is 0.608. The van der Waals surface area contributed by atoms with Crippen LogP contribution in [0, 0.1) is 0 Å². The Bertz CT molecular complexity index is 959. The molecular formula is C21H23N3O2S. The summed E-state index contributed by atoms with van der Waals surface area (Å²) in [4.78, 5) is 0. The summed E-state index contributed by atoms with van der Waals surface area (Å²) in [5.41, 5.74) is 3.70. The minimum Gasteiger partial charge on any atom is -0.454 e. The summed E-state index contributed by atoms with van der Waals surface area (Å²) in [6, 6.07) is 14.6. The third kappa shape index (κ3) is 3.67. The van der Waals surface area contributed by atoms with Crippen molar-refractivity contribution in [1.29, 1.82) is 0 Å². The summed E-state index contributed by atoms with van der Waals surface area (Å²) in [5, 5.41) is 9.66. The number of hydrogen-bond donors (Lipinski definition) is 0. The molecule has 0 saturated carbocycles. The van der Waals surface area contributed by atoms with Crippen LogP contribution in [0.2, 0.25) is 0 Å². The van der Waals surface area contributed by atoms with E-state index in [-0.39, 0.29) is 5.41 Å². The molecule has 0 bridgehead atoms. The van der Waals surface area contributed by atoms with Crippen molar-refractivity contribution in [2.24, 2.45) is 7.05 Å². The van der Waals surface area contributed by atoms with Gasteiger partial charge in [-0.2, -0.15) is 0 Å². The maximum atomic E-state index is 5.45. The predicted molar refractivity (Wildman–Crippen MR) is 107 cm³/mol. The Morgan fingerprint density at radius 2 is 1.74 bits per heavy atom. The van der Waals surface area contributed by atoms with Crippen molar-refractivity contribution in [3.63, 3.8) is 0 Å². The summed E-state index contributed by atoms with van der Waals surface area (Å²) in [6.07, 6.45) is 0. The highest BCUT2D eigenvalue weighted by atomic mass is 32.2. The minimum atomic E-state index is 0.143. The van der Waals surface area contributed by atoms with Crippen molar-refractivity contribution in [3.05, 3.63) is 53.6 Å². The van der Waals surface area contributed by atoms with Gasteiger partial charge in [-0.15, -0.1) is 10.2 Å². The summed E-state index contributed by atoms with van der Waals surface area (Å²) < 4.78 is 12.9. The summed E-state index contributed by atoms with van der Waals surface area (Å²) in [7, 11) is 2.01. The van der Waals surface area contributed by atoms with Crippen LogP contribution in [0.15, 0.2) is 47.6 Å². The van der Waals surface area contributed by atoms with E-state index >= 15 is 0 Å². The summed E-state index contributed by atoms with van der Waals surface area (Å²) >= 11 is 1.66. The Kier molecular flexibility index (Phi) is 4.60. The highest BCUT2D eigenvalue weighted by Gasteiger charge is 2.17. The lowest BCUT2D eigenvalue weighted by Crippen LogP contribution is -2.10. The van der Waals surface area contributed by atoms with E-state index in [2.05, 4.69) is 61.3 Å². The number of fused-ring (bicyclic) bond motifs is 1. The molecule has 0 atom stereocenters. The van der Waals surface area contributed by atoms with E-state index in [1.54, 1.807) is 11.8 Å². The van der Waals surface area contributed by atoms with Crippen molar-refractivity contribution >= 4 is 11.8 Å². The third-order valence-electron chi connectivity index (χ3n) is 4.65. The van der Waals surface area contributed by atoms with Gasteiger partial charge in [0.15, 0.2) is 22.5 Å². The van der Waals surface area contributed by atoms with Crippen LogP contribution in [0.4, 0.5) is 0 Å². The van der Waals surface area contributed by atoms with Crippen molar-refractivity contribution in [2.75, 3.05) is 6.79 Å². The van der Waals surface area contributed by atoms with Gasteiger partial charge >= 0.3 is 0 Å². The normalized spacial score (nSPS) is 13.2. The molecule has 2 aromatic carbocycles. The fraction of sp³-hybridized carbons (Fsp3) is 0.333. The standard InChI is InChI=1S/C21H23N3O2S/c1-21(2,3)16-8-6-15(7-9-16)19-22-23-20(24(19)4)27-12-14-5-10-17-18(11-14)26-13-25-17/h5-11H,12-13H2,1-4H3. The van der Waals surface area contributed by atoms with Crippen LogP contribution in [-0.2, 0) is 18.2 Å². The molecule has 0 unspecified atom stereocenters. The second-order valence-corrected chi connectivity index (χ2v) is 8.61. The Balaban J connectivity index is 1.49. The van der Waals surface area contributed by atoms with Gasteiger partial charge in [0.25, 0.3) is 0 Å².